The fraction of sp³-hybridized carbons (Fsp3) is 0.962. The summed E-state index contributed by atoms with van der Waals surface area (Å²) in [5.74, 6) is 4.55. The molecular formula is C26H43NO4. The van der Waals surface area contributed by atoms with Gasteiger partial charge in [-0.1, -0.05) is 6.92 Å². The van der Waals surface area contributed by atoms with Crippen LogP contribution in [0.4, 0.5) is 0 Å². The summed E-state index contributed by atoms with van der Waals surface area (Å²) in [6, 6.07) is 0. The van der Waals surface area contributed by atoms with E-state index in [1.54, 1.807) is 7.11 Å². The number of morpholine rings is 1. The van der Waals surface area contributed by atoms with Gasteiger partial charge in [0.25, 0.3) is 0 Å². The predicted octanol–water partition coefficient (Wildman–Crippen LogP) is 3.53. The van der Waals surface area contributed by atoms with Crippen molar-refractivity contribution in [3.8, 4) is 0 Å². The molecule has 176 valence electrons. The lowest BCUT2D eigenvalue weighted by Gasteiger charge is -2.57. The smallest absolute Gasteiger partial charge is 0.150 e. The van der Waals surface area contributed by atoms with Crippen molar-refractivity contribution >= 4 is 5.78 Å². The molecule has 8 unspecified atom stereocenters. The van der Waals surface area contributed by atoms with E-state index < -0.39 is 5.60 Å². The fourth-order valence-corrected chi connectivity index (χ4v) is 8.98. The number of methoxy groups -OCH3 is 1. The Labute approximate surface area is 188 Å². The average molecular weight is 434 g/mol. The monoisotopic (exact) mass is 433 g/mol. The van der Waals surface area contributed by atoms with E-state index in [9.17, 15) is 9.90 Å². The SMILES string of the molecule is COCC1(O)CCC2C(CCC3C2CCC2(C)C(C(=O)CN4CCOCC4)CCC32)C1. The van der Waals surface area contributed by atoms with Crippen LogP contribution in [0.2, 0.25) is 0 Å². The first kappa shape index (κ1) is 22.3. The van der Waals surface area contributed by atoms with Crippen LogP contribution in [0.25, 0.3) is 0 Å². The normalized spacial score (nSPS) is 48.0. The highest BCUT2D eigenvalue weighted by Crippen LogP contribution is 2.64. The van der Waals surface area contributed by atoms with Crippen molar-refractivity contribution < 1.29 is 19.4 Å². The summed E-state index contributed by atoms with van der Waals surface area (Å²) in [7, 11) is 1.71. The molecule has 5 aliphatic rings. The molecule has 8 atom stereocenters. The Hall–Kier alpha value is -0.490. The van der Waals surface area contributed by atoms with Crippen LogP contribution < -0.4 is 0 Å². The van der Waals surface area contributed by atoms with Crippen molar-refractivity contribution in [2.45, 2.75) is 70.3 Å². The van der Waals surface area contributed by atoms with Gasteiger partial charge in [0, 0.05) is 26.1 Å². The van der Waals surface area contributed by atoms with Crippen molar-refractivity contribution in [1.82, 2.24) is 4.90 Å². The van der Waals surface area contributed by atoms with Gasteiger partial charge in [-0.25, -0.2) is 0 Å². The van der Waals surface area contributed by atoms with Crippen LogP contribution in [0.15, 0.2) is 0 Å². The van der Waals surface area contributed by atoms with Gasteiger partial charge in [0.2, 0.25) is 0 Å². The maximum absolute atomic E-state index is 13.4. The molecule has 0 spiro atoms. The van der Waals surface area contributed by atoms with Gasteiger partial charge >= 0.3 is 0 Å². The van der Waals surface area contributed by atoms with E-state index in [0.717, 1.165) is 75.7 Å². The molecular weight excluding hydrogens is 390 g/mol. The summed E-state index contributed by atoms with van der Waals surface area (Å²) in [4.78, 5) is 15.7. The van der Waals surface area contributed by atoms with Crippen molar-refractivity contribution in [2.75, 3.05) is 46.6 Å². The summed E-state index contributed by atoms with van der Waals surface area (Å²) in [6.07, 6.45) is 10.4. The van der Waals surface area contributed by atoms with Gasteiger partial charge in [0.15, 0.2) is 0 Å². The lowest BCUT2D eigenvalue weighted by molar-refractivity contribution is -0.137. The number of carbonyl (C=O) groups is 1. The van der Waals surface area contributed by atoms with E-state index in [4.69, 9.17) is 9.47 Å². The second-order valence-corrected chi connectivity index (χ2v) is 11.9. The van der Waals surface area contributed by atoms with E-state index in [-0.39, 0.29) is 11.3 Å². The van der Waals surface area contributed by atoms with Crippen LogP contribution in [0.3, 0.4) is 0 Å². The van der Waals surface area contributed by atoms with Crippen molar-refractivity contribution in [3.05, 3.63) is 0 Å². The summed E-state index contributed by atoms with van der Waals surface area (Å²) in [5, 5.41) is 11.0. The molecule has 1 aliphatic heterocycles. The second kappa shape index (κ2) is 8.70. The second-order valence-electron chi connectivity index (χ2n) is 11.9. The van der Waals surface area contributed by atoms with Gasteiger partial charge < -0.3 is 14.6 Å². The highest BCUT2D eigenvalue weighted by Gasteiger charge is 2.59. The molecule has 5 rings (SSSR count). The molecule has 0 bridgehead atoms. The number of ether oxygens (including phenoxy) is 2. The Balaban J connectivity index is 1.25. The minimum atomic E-state index is -0.601. The summed E-state index contributed by atoms with van der Waals surface area (Å²) < 4.78 is 10.8. The molecule has 5 fully saturated rings. The Morgan fingerprint density at radius 3 is 2.58 bits per heavy atom. The van der Waals surface area contributed by atoms with Crippen LogP contribution in [0, 0.1) is 40.9 Å². The molecule has 0 aromatic carbocycles. The molecule has 0 amide bonds. The lowest BCUT2D eigenvalue weighted by atomic mass is 9.49. The largest absolute Gasteiger partial charge is 0.387 e. The molecule has 1 saturated heterocycles. The maximum Gasteiger partial charge on any atom is 0.150 e. The zero-order valence-electron chi connectivity index (χ0n) is 19.7. The van der Waals surface area contributed by atoms with E-state index >= 15 is 0 Å². The Morgan fingerprint density at radius 1 is 1.03 bits per heavy atom. The van der Waals surface area contributed by atoms with Gasteiger partial charge in [0.1, 0.15) is 5.78 Å². The lowest BCUT2D eigenvalue weighted by Crippen LogP contribution is -2.52. The van der Waals surface area contributed by atoms with E-state index in [0.29, 0.717) is 24.9 Å². The number of aliphatic hydroxyl groups is 1. The predicted molar refractivity (Wildman–Crippen MR) is 120 cm³/mol. The first-order valence-electron chi connectivity index (χ1n) is 13.0. The summed E-state index contributed by atoms with van der Waals surface area (Å²) in [5.41, 5.74) is -0.390. The number of ketones is 1. The van der Waals surface area contributed by atoms with Crippen molar-refractivity contribution in [2.24, 2.45) is 40.9 Å². The molecule has 1 N–H and O–H groups in total. The molecule has 5 nitrogen and oxygen atoms in total. The summed E-state index contributed by atoms with van der Waals surface area (Å²) in [6.45, 7) is 6.93. The standard InChI is InChI=1S/C26H43NO4/c1-25-9-7-20-19-8-10-26(29,17-30-2)15-18(19)3-4-21(20)22(25)5-6-23(25)24(28)16-27-11-13-31-14-12-27/h18-23,29H,3-17H2,1-2H3. The third-order valence-electron chi connectivity index (χ3n) is 10.4. The molecule has 1 heterocycles. The van der Waals surface area contributed by atoms with Gasteiger partial charge in [-0.15, -0.1) is 0 Å². The third-order valence-corrected chi connectivity index (χ3v) is 10.4. The third kappa shape index (κ3) is 4.02. The molecule has 5 heteroatoms. The minimum absolute atomic E-state index is 0.211. The van der Waals surface area contributed by atoms with Crippen LogP contribution in [0.1, 0.15) is 64.7 Å². The molecule has 0 aromatic heterocycles. The first-order valence-corrected chi connectivity index (χ1v) is 13.0. The molecule has 31 heavy (non-hydrogen) atoms. The van der Waals surface area contributed by atoms with Crippen molar-refractivity contribution in [1.29, 1.82) is 0 Å². The topological polar surface area (TPSA) is 59.0 Å². The zero-order valence-corrected chi connectivity index (χ0v) is 19.7. The number of Topliss-reactive ketones (excluding diaryl/α,β-unsaturated/α-hetero) is 1. The average Bonchev–Trinajstić information content (AvgIpc) is 3.11. The van der Waals surface area contributed by atoms with Gasteiger partial charge in [-0.3, -0.25) is 9.69 Å². The number of rotatable bonds is 5. The Kier molecular flexibility index (Phi) is 6.26. The number of fused-ring (bicyclic) bond motifs is 5. The highest BCUT2D eigenvalue weighted by molar-refractivity contribution is 5.84. The number of nitrogens with zero attached hydrogens (tertiary/aromatic N) is 1. The van der Waals surface area contributed by atoms with Crippen LogP contribution in [-0.4, -0.2) is 68.0 Å². The van der Waals surface area contributed by atoms with E-state index in [1.165, 1.54) is 32.1 Å². The maximum atomic E-state index is 13.4. The van der Waals surface area contributed by atoms with Crippen LogP contribution >= 0.6 is 0 Å². The number of hydrogen-bond acceptors (Lipinski definition) is 5. The van der Waals surface area contributed by atoms with Crippen molar-refractivity contribution in [3.63, 3.8) is 0 Å². The zero-order chi connectivity index (χ0) is 21.6. The Morgan fingerprint density at radius 2 is 1.81 bits per heavy atom. The van der Waals surface area contributed by atoms with E-state index in [1.807, 2.05) is 0 Å². The van der Waals surface area contributed by atoms with E-state index in [2.05, 4.69) is 11.8 Å². The number of hydrogen-bond donors (Lipinski definition) is 1. The quantitative estimate of drug-likeness (QED) is 0.719. The van der Waals surface area contributed by atoms with Gasteiger partial charge in [-0.2, -0.15) is 0 Å². The fourth-order valence-electron chi connectivity index (χ4n) is 8.98. The van der Waals surface area contributed by atoms with Crippen LogP contribution in [0.5, 0.6) is 0 Å². The molecule has 0 aromatic rings. The van der Waals surface area contributed by atoms with Crippen LogP contribution in [-0.2, 0) is 14.3 Å². The van der Waals surface area contributed by atoms with Gasteiger partial charge in [-0.05, 0) is 92.8 Å². The number of carbonyl (C=O) groups excluding carboxylic acids is 1. The Bertz CT molecular complexity index is 664. The first-order chi connectivity index (χ1) is 14.9. The minimum Gasteiger partial charge on any atom is -0.387 e. The highest BCUT2D eigenvalue weighted by atomic mass is 16.5. The van der Waals surface area contributed by atoms with Gasteiger partial charge in [0.05, 0.1) is 32.0 Å². The summed E-state index contributed by atoms with van der Waals surface area (Å²) >= 11 is 0. The molecule has 0 radical (unpaired) electrons. The molecule has 4 aliphatic carbocycles. The molecule has 4 saturated carbocycles.